The molecule has 0 aliphatic heterocycles. The SMILES string of the molecule is COCCC/C(C)=N/N. The van der Waals surface area contributed by atoms with Crippen LogP contribution in [0, 0.1) is 0 Å². The van der Waals surface area contributed by atoms with Crippen molar-refractivity contribution in [1.29, 1.82) is 0 Å². The van der Waals surface area contributed by atoms with Crippen molar-refractivity contribution in [2.45, 2.75) is 19.8 Å². The van der Waals surface area contributed by atoms with Gasteiger partial charge in [-0.1, -0.05) is 0 Å². The minimum atomic E-state index is 0.785. The monoisotopic (exact) mass is 130 g/mol. The van der Waals surface area contributed by atoms with Crippen molar-refractivity contribution in [3.63, 3.8) is 0 Å². The molecule has 0 bridgehead atoms. The summed E-state index contributed by atoms with van der Waals surface area (Å²) in [6.45, 7) is 2.70. The highest BCUT2D eigenvalue weighted by Crippen LogP contribution is 1.90. The second-order valence-electron chi connectivity index (χ2n) is 1.96. The molecule has 0 heterocycles. The Morgan fingerprint density at radius 2 is 2.33 bits per heavy atom. The van der Waals surface area contributed by atoms with Crippen LogP contribution in [0.3, 0.4) is 0 Å². The normalized spacial score (nSPS) is 12.0. The highest BCUT2D eigenvalue weighted by Gasteiger charge is 1.88. The lowest BCUT2D eigenvalue weighted by atomic mass is 10.2. The standard InChI is InChI=1S/C6H14N2O/c1-6(8-7)4-3-5-9-2/h3-5,7H2,1-2H3/b8-6+. The van der Waals surface area contributed by atoms with E-state index in [-0.39, 0.29) is 0 Å². The molecule has 0 rings (SSSR count). The molecule has 3 heteroatoms. The summed E-state index contributed by atoms with van der Waals surface area (Å²) in [5.41, 5.74) is 0.979. The van der Waals surface area contributed by atoms with Gasteiger partial charge in [0.25, 0.3) is 0 Å². The van der Waals surface area contributed by atoms with Crippen LogP contribution >= 0.6 is 0 Å². The summed E-state index contributed by atoms with van der Waals surface area (Å²) < 4.78 is 4.84. The van der Waals surface area contributed by atoms with Gasteiger partial charge in [-0.15, -0.1) is 0 Å². The first-order valence-corrected chi connectivity index (χ1v) is 3.03. The molecule has 9 heavy (non-hydrogen) atoms. The smallest absolute Gasteiger partial charge is 0.0465 e. The van der Waals surface area contributed by atoms with Gasteiger partial charge in [-0.25, -0.2) is 0 Å². The van der Waals surface area contributed by atoms with Crippen LogP contribution < -0.4 is 5.84 Å². The molecule has 0 aliphatic rings. The first kappa shape index (κ1) is 8.43. The van der Waals surface area contributed by atoms with E-state index in [0.29, 0.717) is 0 Å². The van der Waals surface area contributed by atoms with E-state index in [1.165, 1.54) is 0 Å². The van der Waals surface area contributed by atoms with Crippen LogP contribution in [-0.4, -0.2) is 19.4 Å². The Hall–Kier alpha value is -0.570. The fourth-order valence-corrected chi connectivity index (χ4v) is 0.537. The molecule has 2 N–H and O–H groups in total. The number of methoxy groups -OCH3 is 1. The maximum absolute atomic E-state index is 5.00. The van der Waals surface area contributed by atoms with E-state index in [1.54, 1.807) is 7.11 Å². The van der Waals surface area contributed by atoms with Crippen molar-refractivity contribution in [3.8, 4) is 0 Å². The Morgan fingerprint density at radius 1 is 1.67 bits per heavy atom. The quantitative estimate of drug-likeness (QED) is 0.264. The van der Waals surface area contributed by atoms with Gasteiger partial charge in [-0.05, 0) is 19.8 Å². The number of nitrogens with two attached hydrogens (primary N) is 1. The van der Waals surface area contributed by atoms with Crippen LogP contribution in [0.4, 0.5) is 0 Å². The molecule has 0 spiro atoms. The van der Waals surface area contributed by atoms with Crippen molar-refractivity contribution in [3.05, 3.63) is 0 Å². The van der Waals surface area contributed by atoms with E-state index >= 15 is 0 Å². The first-order chi connectivity index (χ1) is 4.31. The fourth-order valence-electron chi connectivity index (χ4n) is 0.537. The summed E-state index contributed by atoms with van der Waals surface area (Å²) in [7, 11) is 1.69. The van der Waals surface area contributed by atoms with Gasteiger partial charge in [0.1, 0.15) is 0 Å². The molecule has 0 saturated heterocycles. The highest BCUT2D eigenvalue weighted by atomic mass is 16.5. The van der Waals surface area contributed by atoms with E-state index < -0.39 is 0 Å². The Balaban J connectivity index is 3.07. The number of rotatable bonds is 4. The molecule has 0 aromatic heterocycles. The number of ether oxygens (including phenoxy) is 1. The molecule has 0 aliphatic carbocycles. The summed E-state index contributed by atoms with van der Waals surface area (Å²) in [6.07, 6.45) is 1.94. The largest absolute Gasteiger partial charge is 0.385 e. The molecule has 0 atom stereocenters. The maximum Gasteiger partial charge on any atom is 0.0465 e. The van der Waals surface area contributed by atoms with Crippen molar-refractivity contribution >= 4 is 5.71 Å². The lowest BCUT2D eigenvalue weighted by molar-refractivity contribution is 0.196. The van der Waals surface area contributed by atoms with E-state index in [9.17, 15) is 0 Å². The molecule has 0 radical (unpaired) electrons. The van der Waals surface area contributed by atoms with Crippen molar-refractivity contribution in [2.24, 2.45) is 10.9 Å². The predicted octanol–water partition coefficient (Wildman–Crippen LogP) is 0.748. The number of hydrazone groups is 1. The lowest BCUT2D eigenvalue weighted by Crippen LogP contribution is -1.98. The Bertz CT molecular complexity index is 91.1. The second-order valence-corrected chi connectivity index (χ2v) is 1.96. The van der Waals surface area contributed by atoms with Crippen LogP contribution in [0.1, 0.15) is 19.8 Å². The third kappa shape index (κ3) is 5.30. The molecule has 0 fully saturated rings. The van der Waals surface area contributed by atoms with Crippen LogP contribution in [-0.2, 0) is 4.74 Å². The zero-order valence-electron chi connectivity index (χ0n) is 6.05. The topological polar surface area (TPSA) is 47.6 Å². The number of nitrogens with zero attached hydrogens (tertiary/aromatic N) is 1. The van der Waals surface area contributed by atoms with Gasteiger partial charge < -0.3 is 10.6 Å². The Morgan fingerprint density at radius 3 is 2.78 bits per heavy atom. The number of hydrogen-bond acceptors (Lipinski definition) is 3. The van der Waals surface area contributed by atoms with Crippen LogP contribution in [0.5, 0.6) is 0 Å². The third-order valence-electron chi connectivity index (χ3n) is 1.11. The first-order valence-electron chi connectivity index (χ1n) is 3.03. The van der Waals surface area contributed by atoms with Gasteiger partial charge in [0.15, 0.2) is 0 Å². The Kier molecular flexibility index (Phi) is 5.21. The van der Waals surface area contributed by atoms with Gasteiger partial charge in [0.2, 0.25) is 0 Å². The molecule has 0 unspecified atom stereocenters. The summed E-state index contributed by atoms with van der Waals surface area (Å²) in [5, 5.41) is 3.52. The van der Waals surface area contributed by atoms with Gasteiger partial charge in [-0.3, -0.25) is 0 Å². The van der Waals surface area contributed by atoms with Crippen molar-refractivity contribution in [1.82, 2.24) is 0 Å². The van der Waals surface area contributed by atoms with Gasteiger partial charge >= 0.3 is 0 Å². The lowest BCUT2D eigenvalue weighted by Gasteiger charge is -1.96. The molecule has 3 nitrogen and oxygen atoms in total. The molecular weight excluding hydrogens is 116 g/mol. The molecule has 0 aromatic rings. The predicted molar refractivity (Wildman–Crippen MR) is 38.4 cm³/mol. The molecule has 0 aromatic carbocycles. The zero-order valence-corrected chi connectivity index (χ0v) is 6.05. The summed E-state index contributed by atoms with van der Waals surface area (Å²) >= 11 is 0. The summed E-state index contributed by atoms with van der Waals surface area (Å²) in [4.78, 5) is 0. The molecule has 0 saturated carbocycles. The summed E-state index contributed by atoms with van der Waals surface area (Å²) in [5.74, 6) is 5.00. The van der Waals surface area contributed by atoms with Gasteiger partial charge in [0.05, 0.1) is 0 Å². The third-order valence-corrected chi connectivity index (χ3v) is 1.11. The minimum absolute atomic E-state index is 0.785. The average molecular weight is 130 g/mol. The van der Waals surface area contributed by atoms with Crippen molar-refractivity contribution < 1.29 is 4.74 Å². The minimum Gasteiger partial charge on any atom is -0.385 e. The molecule has 0 amide bonds. The zero-order chi connectivity index (χ0) is 7.11. The van der Waals surface area contributed by atoms with E-state index in [0.717, 1.165) is 25.2 Å². The van der Waals surface area contributed by atoms with Crippen LogP contribution in [0.2, 0.25) is 0 Å². The average Bonchev–Trinajstić information content (AvgIpc) is 1.89. The molecule has 54 valence electrons. The van der Waals surface area contributed by atoms with E-state index in [1.807, 2.05) is 6.92 Å². The fraction of sp³-hybridized carbons (Fsp3) is 0.833. The highest BCUT2D eigenvalue weighted by molar-refractivity contribution is 5.81. The van der Waals surface area contributed by atoms with E-state index in [2.05, 4.69) is 5.10 Å². The van der Waals surface area contributed by atoms with Crippen LogP contribution in [0.15, 0.2) is 5.10 Å². The van der Waals surface area contributed by atoms with Gasteiger partial charge in [-0.2, -0.15) is 5.10 Å². The van der Waals surface area contributed by atoms with E-state index in [4.69, 9.17) is 10.6 Å². The maximum atomic E-state index is 5.00. The van der Waals surface area contributed by atoms with Crippen LogP contribution in [0.25, 0.3) is 0 Å². The van der Waals surface area contributed by atoms with Crippen molar-refractivity contribution in [2.75, 3.05) is 13.7 Å². The van der Waals surface area contributed by atoms with Gasteiger partial charge in [0, 0.05) is 19.4 Å². The number of hydrogen-bond donors (Lipinski definition) is 1. The second kappa shape index (κ2) is 5.56. The Labute approximate surface area is 55.9 Å². The molecular formula is C6H14N2O. The summed E-state index contributed by atoms with van der Waals surface area (Å²) in [6, 6.07) is 0.